The van der Waals surface area contributed by atoms with Crippen LogP contribution in [-0.2, 0) is 22.2 Å². The van der Waals surface area contributed by atoms with Crippen LogP contribution in [-0.4, -0.2) is 48.7 Å². The maximum absolute atomic E-state index is 15.0. The molecule has 0 saturated carbocycles. The Hall–Kier alpha value is -3.70. The van der Waals surface area contributed by atoms with Crippen LogP contribution < -0.4 is 15.4 Å². The van der Waals surface area contributed by atoms with Gasteiger partial charge in [-0.1, -0.05) is 50.2 Å². The number of pyridine rings is 1. The van der Waals surface area contributed by atoms with Crippen LogP contribution in [0.4, 0.5) is 20.4 Å². The molecule has 1 fully saturated rings. The van der Waals surface area contributed by atoms with E-state index in [-0.39, 0.29) is 17.4 Å². The Morgan fingerprint density at radius 1 is 1.08 bits per heavy atom. The van der Waals surface area contributed by atoms with Crippen molar-refractivity contribution in [2.75, 3.05) is 23.1 Å². The van der Waals surface area contributed by atoms with Crippen LogP contribution in [0.15, 0.2) is 60.8 Å². The van der Waals surface area contributed by atoms with Crippen LogP contribution in [0.25, 0.3) is 22.3 Å². The van der Waals surface area contributed by atoms with Gasteiger partial charge in [-0.2, -0.15) is 0 Å². The second kappa shape index (κ2) is 11.2. The molecule has 11 heteroatoms. The van der Waals surface area contributed by atoms with Crippen molar-refractivity contribution in [2.24, 2.45) is 5.92 Å². The SMILES string of the molecule is CCc1cc(-c2ccc(NS(=O)(=O)Cc3ccccc3)c(F)c2)nc2cnc(N[C@H]3CNC[C@H](C)C3F)nc12. The summed E-state index contributed by atoms with van der Waals surface area (Å²) in [5, 5.41) is 6.32. The molecule has 0 spiro atoms. The van der Waals surface area contributed by atoms with Gasteiger partial charge in [0.25, 0.3) is 0 Å². The van der Waals surface area contributed by atoms with E-state index in [1.807, 2.05) is 19.9 Å². The van der Waals surface area contributed by atoms with E-state index < -0.39 is 28.1 Å². The molecule has 204 valence electrons. The molecule has 3 N–H and O–H groups in total. The summed E-state index contributed by atoms with van der Waals surface area (Å²) >= 11 is 0. The van der Waals surface area contributed by atoms with Crippen molar-refractivity contribution in [3.63, 3.8) is 0 Å². The predicted molar refractivity (Wildman–Crippen MR) is 149 cm³/mol. The number of hydrogen-bond acceptors (Lipinski definition) is 7. The van der Waals surface area contributed by atoms with Crippen molar-refractivity contribution in [1.29, 1.82) is 0 Å². The average Bonchev–Trinajstić information content (AvgIpc) is 2.92. The Morgan fingerprint density at radius 3 is 2.62 bits per heavy atom. The highest BCUT2D eigenvalue weighted by atomic mass is 32.2. The molecule has 0 aliphatic carbocycles. The molecule has 1 unspecified atom stereocenters. The van der Waals surface area contributed by atoms with Crippen LogP contribution >= 0.6 is 0 Å². The highest BCUT2D eigenvalue weighted by Crippen LogP contribution is 2.28. The zero-order chi connectivity index (χ0) is 27.6. The molecule has 3 heterocycles. The largest absolute Gasteiger partial charge is 0.347 e. The van der Waals surface area contributed by atoms with E-state index in [0.717, 1.165) is 5.56 Å². The summed E-state index contributed by atoms with van der Waals surface area (Å²) in [6.07, 6.45) is 1.19. The van der Waals surface area contributed by atoms with Gasteiger partial charge in [0.15, 0.2) is 0 Å². The molecule has 0 radical (unpaired) electrons. The number of aryl methyl sites for hydroxylation is 1. The van der Waals surface area contributed by atoms with Crippen LogP contribution in [0, 0.1) is 11.7 Å². The Bertz CT molecular complexity index is 1590. The van der Waals surface area contributed by atoms with Gasteiger partial charge in [0, 0.05) is 24.6 Å². The number of piperidine rings is 1. The Morgan fingerprint density at radius 2 is 1.87 bits per heavy atom. The molecular formula is C28H30F2N6O2S. The van der Waals surface area contributed by atoms with E-state index in [4.69, 9.17) is 0 Å². The normalized spacial score (nSPS) is 19.6. The number of anilines is 2. The van der Waals surface area contributed by atoms with Crippen molar-refractivity contribution in [2.45, 2.75) is 38.2 Å². The minimum absolute atomic E-state index is 0.113. The Labute approximate surface area is 226 Å². The first-order chi connectivity index (χ1) is 18.7. The second-order valence-electron chi connectivity index (χ2n) is 9.82. The van der Waals surface area contributed by atoms with Gasteiger partial charge in [-0.05, 0) is 35.7 Å². The summed E-state index contributed by atoms with van der Waals surface area (Å²) in [7, 11) is -3.80. The lowest BCUT2D eigenvalue weighted by Gasteiger charge is -2.32. The number of fused-ring (bicyclic) bond motifs is 1. The van der Waals surface area contributed by atoms with Crippen LogP contribution in [0.2, 0.25) is 0 Å². The standard InChI is InChI=1S/C28H30F2N6O2S/c1-3-19-12-23(33-25-15-32-28(35-27(19)25)34-24-14-31-13-17(2)26(24)30)20-9-10-22(21(29)11-20)36-39(37,38)16-18-7-5-4-6-8-18/h4-12,15,17,24,26,31,36H,3,13-14,16H2,1-2H3,(H,32,34,35)/t17-,24-,26?/m0/s1. The smallest absolute Gasteiger partial charge is 0.237 e. The number of rotatable bonds is 8. The average molecular weight is 553 g/mol. The first-order valence-corrected chi connectivity index (χ1v) is 14.5. The molecule has 8 nitrogen and oxygen atoms in total. The monoisotopic (exact) mass is 552 g/mol. The minimum Gasteiger partial charge on any atom is -0.347 e. The molecule has 4 aromatic rings. The number of alkyl halides is 1. The van der Waals surface area contributed by atoms with Crippen molar-refractivity contribution >= 4 is 32.7 Å². The number of halogens is 2. The van der Waals surface area contributed by atoms with E-state index in [0.29, 0.717) is 53.3 Å². The molecule has 2 aromatic carbocycles. The number of hydrogen-bond donors (Lipinski definition) is 3. The van der Waals surface area contributed by atoms with Crippen molar-refractivity contribution in [1.82, 2.24) is 20.3 Å². The topological polar surface area (TPSA) is 109 Å². The fraction of sp³-hybridized carbons (Fsp3) is 0.321. The third kappa shape index (κ3) is 6.15. The van der Waals surface area contributed by atoms with Gasteiger partial charge in [-0.3, -0.25) is 4.72 Å². The van der Waals surface area contributed by atoms with Crippen molar-refractivity contribution < 1.29 is 17.2 Å². The highest BCUT2D eigenvalue weighted by molar-refractivity contribution is 7.91. The summed E-state index contributed by atoms with van der Waals surface area (Å²) in [5.74, 6) is -0.761. The molecule has 1 saturated heterocycles. The molecule has 2 aromatic heterocycles. The lowest BCUT2D eigenvalue weighted by Crippen LogP contribution is -2.51. The van der Waals surface area contributed by atoms with Gasteiger partial charge >= 0.3 is 0 Å². The minimum atomic E-state index is -3.80. The van der Waals surface area contributed by atoms with E-state index in [9.17, 15) is 12.8 Å². The highest BCUT2D eigenvalue weighted by Gasteiger charge is 2.31. The summed E-state index contributed by atoms with van der Waals surface area (Å²) in [6, 6.07) is 14.3. The molecule has 5 rings (SSSR count). The van der Waals surface area contributed by atoms with E-state index >= 15 is 4.39 Å². The fourth-order valence-corrected chi connectivity index (χ4v) is 5.92. The molecule has 1 aliphatic rings. The van der Waals surface area contributed by atoms with E-state index in [1.165, 1.54) is 12.1 Å². The first kappa shape index (κ1) is 26.9. The molecule has 0 bridgehead atoms. The van der Waals surface area contributed by atoms with Crippen LogP contribution in [0.1, 0.15) is 25.0 Å². The third-order valence-electron chi connectivity index (χ3n) is 6.81. The number of benzene rings is 2. The molecule has 3 atom stereocenters. The number of nitrogens with one attached hydrogen (secondary N) is 3. The fourth-order valence-electron chi connectivity index (χ4n) is 4.72. The lowest BCUT2D eigenvalue weighted by molar-refractivity contribution is 0.175. The second-order valence-corrected chi connectivity index (χ2v) is 11.5. The number of sulfonamides is 1. The van der Waals surface area contributed by atoms with Gasteiger partial charge in [0.2, 0.25) is 16.0 Å². The van der Waals surface area contributed by atoms with Gasteiger partial charge < -0.3 is 10.6 Å². The number of nitrogens with zero attached hydrogens (tertiary/aromatic N) is 3. The van der Waals surface area contributed by atoms with Crippen molar-refractivity contribution in [3.05, 3.63) is 77.7 Å². The Kier molecular flexibility index (Phi) is 7.72. The van der Waals surface area contributed by atoms with E-state index in [1.54, 1.807) is 42.6 Å². The number of aromatic nitrogens is 3. The zero-order valence-electron chi connectivity index (χ0n) is 21.7. The third-order valence-corrected chi connectivity index (χ3v) is 8.05. The summed E-state index contributed by atoms with van der Waals surface area (Å²) in [6.45, 7) is 4.95. The maximum atomic E-state index is 15.0. The molecule has 39 heavy (non-hydrogen) atoms. The van der Waals surface area contributed by atoms with Gasteiger partial charge in [0.1, 0.15) is 17.5 Å². The quantitative estimate of drug-likeness (QED) is 0.291. The van der Waals surface area contributed by atoms with Crippen molar-refractivity contribution in [3.8, 4) is 11.3 Å². The summed E-state index contributed by atoms with van der Waals surface area (Å²) in [4.78, 5) is 13.6. The molecule has 0 amide bonds. The maximum Gasteiger partial charge on any atom is 0.237 e. The van der Waals surface area contributed by atoms with Crippen LogP contribution in [0.5, 0.6) is 0 Å². The Balaban J connectivity index is 1.38. The van der Waals surface area contributed by atoms with Crippen LogP contribution in [0.3, 0.4) is 0 Å². The van der Waals surface area contributed by atoms with E-state index in [2.05, 4.69) is 30.3 Å². The van der Waals surface area contributed by atoms with Gasteiger partial charge in [0.05, 0.1) is 34.9 Å². The molecular weight excluding hydrogens is 522 g/mol. The summed E-state index contributed by atoms with van der Waals surface area (Å²) < 4.78 is 57.1. The lowest BCUT2D eigenvalue weighted by atomic mass is 9.95. The predicted octanol–water partition coefficient (Wildman–Crippen LogP) is 4.69. The molecule has 1 aliphatic heterocycles. The van der Waals surface area contributed by atoms with Gasteiger partial charge in [-0.15, -0.1) is 0 Å². The summed E-state index contributed by atoms with van der Waals surface area (Å²) in [5.41, 5.74) is 3.50. The van der Waals surface area contributed by atoms with Gasteiger partial charge in [-0.25, -0.2) is 32.2 Å². The zero-order valence-corrected chi connectivity index (χ0v) is 22.5. The first-order valence-electron chi connectivity index (χ1n) is 12.8.